The first-order valence-corrected chi connectivity index (χ1v) is 19.0. The van der Waals surface area contributed by atoms with E-state index in [2.05, 4.69) is 191 Å². The Morgan fingerprint density at radius 2 is 0.981 bits per heavy atom. The van der Waals surface area contributed by atoms with E-state index in [4.69, 9.17) is 0 Å². The second-order valence-electron chi connectivity index (χ2n) is 15.7. The van der Waals surface area contributed by atoms with Crippen molar-refractivity contribution >= 4 is 81.7 Å². The SMILES string of the molecule is CC1(C)c2ccccc2-c2cc3c(cc21)c1cc2c4ccccc4n(-c4ccc5c6ccccc6n(-c6ccccc6)c5c4)c2c2c4ccccc4n3c12. The van der Waals surface area contributed by atoms with Crippen molar-refractivity contribution in [2.24, 2.45) is 0 Å². The molecule has 0 spiro atoms. The largest absolute Gasteiger partial charge is 0.309 e. The molecular weight excluding hydrogens is 655 g/mol. The van der Waals surface area contributed by atoms with Crippen LogP contribution in [-0.2, 0) is 5.41 Å². The Bertz CT molecular complexity index is 3570. The number of aromatic nitrogens is 3. The third kappa shape index (κ3) is 3.35. The average molecular weight is 688 g/mol. The highest BCUT2D eigenvalue weighted by Gasteiger charge is 2.36. The first-order chi connectivity index (χ1) is 26.6. The molecule has 0 saturated carbocycles. The summed E-state index contributed by atoms with van der Waals surface area (Å²) >= 11 is 0. The Morgan fingerprint density at radius 1 is 0.352 bits per heavy atom. The zero-order valence-electron chi connectivity index (χ0n) is 29.9. The lowest BCUT2D eigenvalue weighted by Crippen LogP contribution is -2.14. The molecule has 8 aromatic carbocycles. The van der Waals surface area contributed by atoms with Crippen LogP contribution in [0.2, 0.25) is 0 Å². The molecule has 0 amide bonds. The second kappa shape index (κ2) is 9.77. The summed E-state index contributed by atoms with van der Waals surface area (Å²) < 4.78 is 7.52. The van der Waals surface area contributed by atoms with E-state index in [0.717, 1.165) is 5.69 Å². The molecule has 0 saturated heterocycles. The number of para-hydroxylation sites is 4. The molecule has 4 aromatic heterocycles. The van der Waals surface area contributed by atoms with Gasteiger partial charge in [0.1, 0.15) is 0 Å². The van der Waals surface area contributed by atoms with Gasteiger partial charge in [0.15, 0.2) is 0 Å². The van der Waals surface area contributed by atoms with Crippen molar-refractivity contribution in [1.82, 2.24) is 13.5 Å². The van der Waals surface area contributed by atoms with Gasteiger partial charge in [0, 0.05) is 59.9 Å². The smallest absolute Gasteiger partial charge is 0.0642 e. The van der Waals surface area contributed by atoms with Gasteiger partial charge in [-0.15, -0.1) is 0 Å². The van der Waals surface area contributed by atoms with Crippen LogP contribution in [0.5, 0.6) is 0 Å². The van der Waals surface area contributed by atoms with E-state index >= 15 is 0 Å². The van der Waals surface area contributed by atoms with E-state index < -0.39 is 0 Å². The zero-order chi connectivity index (χ0) is 35.4. The molecule has 3 nitrogen and oxygen atoms in total. The van der Waals surface area contributed by atoms with E-state index in [9.17, 15) is 0 Å². The van der Waals surface area contributed by atoms with Gasteiger partial charge in [-0.25, -0.2) is 0 Å². The minimum atomic E-state index is -0.0691. The summed E-state index contributed by atoms with van der Waals surface area (Å²) in [6.45, 7) is 4.77. The van der Waals surface area contributed by atoms with Crippen LogP contribution >= 0.6 is 0 Å². The first-order valence-electron chi connectivity index (χ1n) is 19.0. The van der Waals surface area contributed by atoms with E-state index in [-0.39, 0.29) is 5.41 Å². The predicted molar refractivity (Wildman–Crippen MR) is 227 cm³/mol. The van der Waals surface area contributed by atoms with Crippen molar-refractivity contribution in [2.75, 3.05) is 0 Å². The Kier molecular flexibility index (Phi) is 5.19. The fourth-order valence-corrected chi connectivity index (χ4v) is 10.4. The van der Waals surface area contributed by atoms with Gasteiger partial charge < -0.3 is 13.5 Å². The van der Waals surface area contributed by atoms with Crippen molar-refractivity contribution in [1.29, 1.82) is 0 Å². The summed E-state index contributed by atoms with van der Waals surface area (Å²) in [6.07, 6.45) is 0. The van der Waals surface area contributed by atoms with E-state index in [1.165, 1.54) is 110 Å². The van der Waals surface area contributed by atoms with Crippen LogP contribution in [0.25, 0.3) is 104 Å². The highest BCUT2D eigenvalue weighted by atomic mass is 15.0. The molecule has 0 atom stereocenters. The molecule has 54 heavy (non-hydrogen) atoms. The molecular formula is C51H33N3. The molecule has 252 valence electrons. The van der Waals surface area contributed by atoms with Gasteiger partial charge in [-0.3, -0.25) is 0 Å². The van der Waals surface area contributed by atoms with Crippen LogP contribution in [0, 0.1) is 0 Å². The number of rotatable bonds is 2. The van der Waals surface area contributed by atoms with Gasteiger partial charge >= 0.3 is 0 Å². The van der Waals surface area contributed by atoms with Crippen LogP contribution in [0.1, 0.15) is 25.0 Å². The van der Waals surface area contributed by atoms with Crippen LogP contribution in [0.4, 0.5) is 0 Å². The van der Waals surface area contributed by atoms with Crippen LogP contribution < -0.4 is 0 Å². The standard InChI is InChI=1S/C51H33N3/c1-51(2)41-20-10-6-16-32(41)37-29-47-38(28-42(37)51)40-27-39-34-18-8-12-22-44(34)53(49(39)48-36-19-9-13-23-45(36)54(47)50(40)48)31-24-25-35-33-17-7-11-21-43(33)52(46(35)26-31)30-14-4-3-5-15-30/h3-29H,1-2H3. The Hall–Kier alpha value is -6.84. The summed E-state index contributed by atoms with van der Waals surface area (Å²) in [6, 6.07) is 61.1. The van der Waals surface area contributed by atoms with E-state index in [1.54, 1.807) is 0 Å². The zero-order valence-corrected chi connectivity index (χ0v) is 29.9. The quantitative estimate of drug-likeness (QED) is 0.172. The van der Waals surface area contributed by atoms with Gasteiger partial charge in [-0.2, -0.15) is 0 Å². The summed E-state index contributed by atoms with van der Waals surface area (Å²) in [4.78, 5) is 0. The highest BCUT2D eigenvalue weighted by Crippen LogP contribution is 2.53. The third-order valence-electron chi connectivity index (χ3n) is 12.7. The van der Waals surface area contributed by atoms with Crippen molar-refractivity contribution in [3.63, 3.8) is 0 Å². The van der Waals surface area contributed by atoms with Crippen molar-refractivity contribution in [2.45, 2.75) is 19.3 Å². The lowest BCUT2D eigenvalue weighted by Gasteiger charge is -2.21. The Balaban J connectivity index is 1.20. The van der Waals surface area contributed by atoms with Gasteiger partial charge in [0.2, 0.25) is 0 Å². The minimum Gasteiger partial charge on any atom is -0.309 e. The number of hydrogen-bond donors (Lipinski definition) is 0. The van der Waals surface area contributed by atoms with Gasteiger partial charge in [0.05, 0.1) is 38.6 Å². The fourth-order valence-electron chi connectivity index (χ4n) is 10.4. The lowest BCUT2D eigenvalue weighted by molar-refractivity contribution is 0.661. The van der Waals surface area contributed by atoms with Crippen molar-refractivity contribution in [3.05, 3.63) is 175 Å². The maximum Gasteiger partial charge on any atom is 0.0642 e. The van der Waals surface area contributed by atoms with Gasteiger partial charge in [-0.1, -0.05) is 117 Å². The molecule has 0 unspecified atom stereocenters. The van der Waals surface area contributed by atoms with Gasteiger partial charge in [0.25, 0.3) is 0 Å². The number of nitrogens with zero attached hydrogens (tertiary/aromatic N) is 3. The molecule has 0 aliphatic heterocycles. The number of benzene rings is 8. The molecule has 0 radical (unpaired) electrons. The molecule has 0 bridgehead atoms. The monoisotopic (exact) mass is 687 g/mol. The second-order valence-corrected chi connectivity index (χ2v) is 15.7. The Labute approximate surface area is 310 Å². The fraction of sp³-hybridized carbons (Fsp3) is 0.0588. The summed E-state index contributed by atoms with van der Waals surface area (Å²) in [5.41, 5.74) is 16.5. The molecule has 12 aromatic rings. The summed E-state index contributed by atoms with van der Waals surface area (Å²) in [5.74, 6) is 0. The molecule has 3 heteroatoms. The van der Waals surface area contributed by atoms with E-state index in [0.29, 0.717) is 0 Å². The molecule has 4 heterocycles. The van der Waals surface area contributed by atoms with Crippen LogP contribution in [-0.4, -0.2) is 13.5 Å². The minimum absolute atomic E-state index is 0.0691. The molecule has 1 aliphatic rings. The summed E-state index contributed by atoms with van der Waals surface area (Å²) in [7, 11) is 0. The molecule has 0 fully saturated rings. The Morgan fingerprint density at radius 3 is 1.80 bits per heavy atom. The molecule has 0 N–H and O–H groups in total. The van der Waals surface area contributed by atoms with Crippen molar-refractivity contribution < 1.29 is 0 Å². The molecule has 1 aliphatic carbocycles. The normalized spacial score (nSPS) is 13.9. The van der Waals surface area contributed by atoms with E-state index in [1.807, 2.05) is 0 Å². The maximum atomic E-state index is 2.56. The average Bonchev–Trinajstić information content (AvgIpc) is 3.98. The van der Waals surface area contributed by atoms with Crippen LogP contribution in [0.15, 0.2) is 164 Å². The predicted octanol–water partition coefficient (Wildman–Crippen LogP) is 13.3. The number of hydrogen-bond acceptors (Lipinski definition) is 0. The highest BCUT2D eigenvalue weighted by molar-refractivity contribution is 6.34. The number of fused-ring (bicyclic) bond motifs is 16. The van der Waals surface area contributed by atoms with Crippen LogP contribution in [0.3, 0.4) is 0 Å². The topological polar surface area (TPSA) is 14.3 Å². The summed E-state index contributed by atoms with van der Waals surface area (Å²) in [5, 5.41) is 10.3. The lowest BCUT2D eigenvalue weighted by atomic mass is 9.82. The first kappa shape index (κ1) is 28.7. The molecule has 13 rings (SSSR count). The maximum absolute atomic E-state index is 2.56. The van der Waals surface area contributed by atoms with Gasteiger partial charge in [-0.05, 0) is 82.9 Å². The third-order valence-corrected chi connectivity index (χ3v) is 12.7. The van der Waals surface area contributed by atoms with Crippen molar-refractivity contribution in [3.8, 4) is 22.5 Å².